The molecule has 6 aromatic rings. The van der Waals surface area contributed by atoms with Crippen LogP contribution in [0.2, 0.25) is 0 Å². The second-order valence-corrected chi connectivity index (χ2v) is 18.1. The second-order valence-electron chi connectivity index (χ2n) is 18.1. The van der Waals surface area contributed by atoms with E-state index in [4.69, 9.17) is 28.6 Å². The number of fused-ring (bicyclic) bond motifs is 2. The van der Waals surface area contributed by atoms with Gasteiger partial charge in [0.1, 0.15) is 11.5 Å². The summed E-state index contributed by atoms with van der Waals surface area (Å²) >= 11 is 0. The van der Waals surface area contributed by atoms with Crippen molar-refractivity contribution in [1.29, 1.82) is 0 Å². The number of amides is 2. The molecule has 10 heteroatoms. The fourth-order valence-corrected chi connectivity index (χ4v) is 10.2. The molecule has 0 aromatic heterocycles. The largest absolute Gasteiger partial charge is 0.497 e. The molecule has 6 aromatic carbocycles. The van der Waals surface area contributed by atoms with Crippen LogP contribution in [0.3, 0.4) is 0 Å². The van der Waals surface area contributed by atoms with Gasteiger partial charge in [0.05, 0.1) is 51.4 Å². The van der Waals surface area contributed by atoms with Crippen LogP contribution < -0.4 is 9.47 Å². The average Bonchev–Trinajstić information content (AvgIpc) is 3.41. The highest BCUT2D eigenvalue weighted by Crippen LogP contribution is 2.50. The van der Waals surface area contributed by atoms with Crippen LogP contribution in [0, 0.1) is 0 Å². The highest BCUT2D eigenvalue weighted by atomic mass is 16.8. The third-order valence-electron chi connectivity index (χ3n) is 13.8. The Balaban J connectivity index is 0.000000151. The van der Waals surface area contributed by atoms with Gasteiger partial charge >= 0.3 is 0 Å². The normalized spacial score (nSPS) is 24.9. The van der Waals surface area contributed by atoms with Crippen molar-refractivity contribution in [2.75, 3.05) is 14.2 Å². The van der Waals surface area contributed by atoms with E-state index in [9.17, 15) is 9.59 Å². The SMILES string of the molecule is C1CCCCC1.COc1ccc(CO[C@@H]2C[C@H](c3ccccc3)[C@H]3[C@@H](c4ccccc4)C(=O)N3O2)cc1.COc1ccc(CO[C@H]2C[C@@H](c3ccccc3)[C@@H]3[C@H](c4ccccc4)C(=O)N3O2)cc1. The summed E-state index contributed by atoms with van der Waals surface area (Å²) in [5.41, 5.74) is 6.53. The zero-order valence-electron chi connectivity index (χ0n) is 39.0. The van der Waals surface area contributed by atoms with Gasteiger partial charge in [-0.15, -0.1) is 0 Å². The van der Waals surface area contributed by atoms with E-state index >= 15 is 0 Å². The molecule has 1 aliphatic carbocycles. The van der Waals surface area contributed by atoms with Crippen LogP contribution in [-0.2, 0) is 42.0 Å². The van der Waals surface area contributed by atoms with Crippen LogP contribution in [0.4, 0.5) is 0 Å². The third-order valence-corrected chi connectivity index (χ3v) is 13.8. The molecule has 352 valence electrons. The van der Waals surface area contributed by atoms with Crippen molar-refractivity contribution in [3.8, 4) is 11.5 Å². The van der Waals surface area contributed by atoms with E-state index in [2.05, 4.69) is 24.3 Å². The second kappa shape index (κ2) is 22.7. The standard InChI is InChI=1S/2C26H25NO4.C6H12/c2*1-29-21-14-12-18(13-15-21)17-30-23-16-22(19-8-4-2-5-9-19)25-24(26(28)27(25)31-23)20-10-6-3-7-11-20;1-2-4-6-5-3-1/h2*2-15,22-25H,16-17H2,1H3;1-6H2/t2*22-,23+,24-,25+;/m10./s1. The Morgan fingerprint density at radius 1 is 0.426 bits per heavy atom. The highest BCUT2D eigenvalue weighted by molar-refractivity contribution is 5.91. The lowest BCUT2D eigenvalue weighted by Crippen LogP contribution is -2.65. The van der Waals surface area contributed by atoms with Gasteiger partial charge < -0.3 is 18.9 Å². The summed E-state index contributed by atoms with van der Waals surface area (Å²) < 4.78 is 22.6. The van der Waals surface area contributed by atoms with E-state index in [0.717, 1.165) is 33.8 Å². The number of carbonyl (C=O) groups excluding carboxylic acids is 2. The molecule has 4 aliphatic heterocycles. The van der Waals surface area contributed by atoms with Crippen LogP contribution in [0.25, 0.3) is 0 Å². The van der Waals surface area contributed by atoms with Crippen molar-refractivity contribution in [2.24, 2.45) is 0 Å². The molecule has 1 saturated carbocycles. The van der Waals surface area contributed by atoms with Crippen molar-refractivity contribution in [3.63, 3.8) is 0 Å². The molecular weight excluding hydrogens is 853 g/mol. The summed E-state index contributed by atoms with van der Waals surface area (Å²) in [5, 5.41) is 3.08. The average molecular weight is 915 g/mol. The van der Waals surface area contributed by atoms with E-state index in [0.29, 0.717) is 26.1 Å². The molecule has 0 spiro atoms. The molecule has 5 aliphatic rings. The maximum Gasteiger partial charge on any atom is 0.256 e. The van der Waals surface area contributed by atoms with Crippen LogP contribution in [0.15, 0.2) is 170 Å². The number of benzene rings is 6. The molecule has 68 heavy (non-hydrogen) atoms. The summed E-state index contributed by atoms with van der Waals surface area (Å²) in [5.74, 6) is 1.51. The van der Waals surface area contributed by atoms with Gasteiger partial charge in [-0.1, -0.05) is 184 Å². The van der Waals surface area contributed by atoms with E-state index in [1.807, 2.05) is 146 Å². The van der Waals surface area contributed by atoms with Gasteiger partial charge in [0.2, 0.25) is 0 Å². The van der Waals surface area contributed by atoms with Crippen molar-refractivity contribution in [1.82, 2.24) is 10.1 Å². The van der Waals surface area contributed by atoms with Gasteiger partial charge in [-0.25, -0.2) is 19.8 Å². The van der Waals surface area contributed by atoms with Crippen molar-refractivity contribution >= 4 is 11.8 Å². The molecular formula is C58H62N2O8. The van der Waals surface area contributed by atoms with Crippen LogP contribution in [-0.4, -0.2) is 60.8 Å². The van der Waals surface area contributed by atoms with E-state index in [1.165, 1.54) is 59.8 Å². The maximum absolute atomic E-state index is 13.0. The van der Waals surface area contributed by atoms with Crippen molar-refractivity contribution in [2.45, 2.75) is 113 Å². The molecule has 8 atom stereocenters. The van der Waals surface area contributed by atoms with Crippen LogP contribution in [0.5, 0.6) is 11.5 Å². The Morgan fingerprint density at radius 2 is 0.735 bits per heavy atom. The first-order chi connectivity index (χ1) is 33.5. The summed E-state index contributed by atoms with van der Waals surface area (Å²) in [6.45, 7) is 0.815. The molecule has 5 fully saturated rings. The van der Waals surface area contributed by atoms with Gasteiger partial charge in [-0.2, -0.15) is 0 Å². The number of hydrogen-bond donors (Lipinski definition) is 0. The maximum atomic E-state index is 13.0. The molecule has 11 rings (SSSR count). The molecule has 10 nitrogen and oxygen atoms in total. The third kappa shape index (κ3) is 10.8. The lowest BCUT2D eigenvalue weighted by atomic mass is 9.72. The predicted molar refractivity (Wildman–Crippen MR) is 260 cm³/mol. The zero-order chi connectivity index (χ0) is 46.7. The Hall–Kier alpha value is -6.30. The van der Waals surface area contributed by atoms with Crippen molar-refractivity contribution in [3.05, 3.63) is 203 Å². The Morgan fingerprint density at radius 3 is 1.04 bits per heavy atom. The monoisotopic (exact) mass is 914 g/mol. The fraction of sp³-hybridized carbons (Fsp3) is 0.345. The molecule has 0 bridgehead atoms. The number of rotatable bonds is 12. The van der Waals surface area contributed by atoms with Gasteiger partial charge in [0.15, 0.2) is 12.6 Å². The first kappa shape index (κ1) is 46.8. The summed E-state index contributed by atoms with van der Waals surface area (Å²) in [6, 6.07) is 56.1. The minimum absolute atomic E-state index is 0.00474. The molecule has 0 radical (unpaired) electrons. The Bertz CT molecular complexity index is 2310. The summed E-state index contributed by atoms with van der Waals surface area (Å²) in [7, 11) is 3.29. The minimum atomic E-state index is -0.482. The number of ether oxygens (including phenoxy) is 4. The Labute approximate surface area is 400 Å². The van der Waals surface area contributed by atoms with E-state index < -0.39 is 12.6 Å². The smallest absolute Gasteiger partial charge is 0.256 e. The molecule has 2 amide bonds. The topological polar surface area (TPSA) is 96.0 Å². The van der Waals surface area contributed by atoms with Crippen LogP contribution in [0.1, 0.15) is 108 Å². The van der Waals surface area contributed by atoms with Gasteiger partial charge in [0, 0.05) is 24.7 Å². The molecule has 0 unspecified atom stereocenters. The minimum Gasteiger partial charge on any atom is -0.497 e. The quantitative estimate of drug-likeness (QED) is 0.112. The molecule has 0 N–H and O–H groups in total. The number of hydroxylamine groups is 4. The zero-order valence-corrected chi connectivity index (χ0v) is 39.0. The summed E-state index contributed by atoms with van der Waals surface area (Å²) in [6.07, 6.45) is 9.42. The van der Waals surface area contributed by atoms with Crippen LogP contribution >= 0.6 is 0 Å². The number of methoxy groups -OCH3 is 2. The van der Waals surface area contributed by atoms with Crippen molar-refractivity contribution < 1.29 is 38.2 Å². The lowest BCUT2D eigenvalue weighted by molar-refractivity contribution is -0.336. The van der Waals surface area contributed by atoms with Gasteiger partial charge in [0.25, 0.3) is 11.8 Å². The lowest BCUT2D eigenvalue weighted by Gasteiger charge is -2.54. The van der Waals surface area contributed by atoms with E-state index in [1.54, 1.807) is 14.2 Å². The van der Waals surface area contributed by atoms with Gasteiger partial charge in [-0.3, -0.25) is 9.59 Å². The first-order valence-corrected chi connectivity index (χ1v) is 24.2. The fourth-order valence-electron chi connectivity index (χ4n) is 10.2. The molecule has 4 heterocycles. The predicted octanol–water partition coefficient (Wildman–Crippen LogP) is 11.6. The highest BCUT2D eigenvalue weighted by Gasteiger charge is 2.58. The number of β-lactam (4-membered cyclic amide) rings is 2. The number of nitrogens with zero attached hydrogens (tertiary/aromatic N) is 2. The number of carbonyl (C=O) groups is 2. The van der Waals surface area contributed by atoms with E-state index in [-0.39, 0.29) is 47.6 Å². The van der Waals surface area contributed by atoms with Gasteiger partial charge in [-0.05, 0) is 57.6 Å². The molecule has 4 saturated heterocycles. The number of hydrogen-bond acceptors (Lipinski definition) is 8. The first-order valence-electron chi connectivity index (χ1n) is 24.2. The summed E-state index contributed by atoms with van der Waals surface area (Å²) in [4.78, 5) is 38.0. The Kier molecular flexibility index (Phi) is 15.6.